The van der Waals surface area contributed by atoms with Crippen molar-refractivity contribution in [2.45, 2.75) is 53.3 Å². The van der Waals surface area contributed by atoms with Gasteiger partial charge in [0.15, 0.2) is 16.7 Å². The molecule has 170 valence electrons. The van der Waals surface area contributed by atoms with E-state index in [0.717, 1.165) is 16.3 Å². The first-order chi connectivity index (χ1) is 15.2. The summed E-state index contributed by atoms with van der Waals surface area (Å²) in [6.45, 7) is 10.4. The van der Waals surface area contributed by atoms with E-state index in [2.05, 4.69) is 4.99 Å². The number of methoxy groups -OCH3 is 1. The van der Waals surface area contributed by atoms with E-state index in [9.17, 15) is 4.79 Å². The Hall–Kier alpha value is -2.44. The third-order valence-corrected chi connectivity index (χ3v) is 6.05. The van der Waals surface area contributed by atoms with Crippen molar-refractivity contribution in [3.05, 3.63) is 63.0 Å². The Bertz CT molecular complexity index is 1050. The molecule has 0 bridgehead atoms. The maximum atomic E-state index is 13.0. The molecule has 1 heterocycles. The molecule has 5 nitrogen and oxygen atoms in total. The van der Waals surface area contributed by atoms with Gasteiger partial charge in [-0.1, -0.05) is 41.4 Å². The number of amides is 1. The van der Waals surface area contributed by atoms with Crippen molar-refractivity contribution in [2.75, 3.05) is 7.11 Å². The highest BCUT2D eigenvalue weighted by Crippen LogP contribution is 2.39. The molecule has 0 aliphatic carbocycles. The highest BCUT2D eigenvalue weighted by Gasteiger charge is 2.35. The molecule has 7 heteroatoms. The van der Waals surface area contributed by atoms with E-state index in [-0.39, 0.29) is 18.0 Å². The summed E-state index contributed by atoms with van der Waals surface area (Å²) < 4.78 is 11.5. The number of benzene rings is 2. The minimum absolute atomic E-state index is 0.0223. The van der Waals surface area contributed by atoms with Crippen LogP contribution < -0.4 is 9.47 Å². The van der Waals surface area contributed by atoms with Gasteiger partial charge in [-0.15, -0.1) is 0 Å². The topological polar surface area (TPSA) is 51.1 Å². The summed E-state index contributed by atoms with van der Waals surface area (Å²) in [5, 5.41) is 1.15. The molecule has 3 rings (SSSR count). The number of rotatable bonds is 7. The Labute approximate surface area is 199 Å². The van der Waals surface area contributed by atoms with E-state index in [4.69, 9.17) is 21.1 Å². The molecular weight excluding hydrogens is 444 g/mol. The molecule has 0 spiro atoms. The lowest BCUT2D eigenvalue weighted by atomic mass is 10.1. The number of amidine groups is 1. The Morgan fingerprint density at radius 3 is 2.44 bits per heavy atom. The summed E-state index contributed by atoms with van der Waals surface area (Å²) in [6.07, 6.45) is 1.82. The van der Waals surface area contributed by atoms with Gasteiger partial charge >= 0.3 is 0 Å². The van der Waals surface area contributed by atoms with Crippen LogP contribution in [0.4, 0.5) is 0 Å². The molecule has 2 aromatic carbocycles. The van der Waals surface area contributed by atoms with Gasteiger partial charge in [0, 0.05) is 12.1 Å². The van der Waals surface area contributed by atoms with Crippen molar-refractivity contribution >= 4 is 40.5 Å². The minimum atomic E-state index is -0.0563. The van der Waals surface area contributed by atoms with Gasteiger partial charge in [0.25, 0.3) is 5.91 Å². The second-order valence-electron chi connectivity index (χ2n) is 8.19. The van der Waals surface area contributed by atoms with Crippen LogP contribution in [0.1, 0.15) is 44.4 Å². The first-order valence-electron chi connectivity index (χ1n) is 10.6. The quantitative estimate of drug-likeness (QED) is 0.442. The fourth-order valence-electron chi connectivity index (χ4n) is 3.21. The van der Waals surface area contributed by atoms with Crippen LogP contribution in [-0.2, 0) is 11.4 Å². The number of aryl methyl sites for hydroxylation is 1. The molecule has 0 aromatic heterocycles. The second kappa shape index (κ2) is 10.5. The van der Waals surface area contributed by atoms with Crippen molar-refractivity contribution in [3.8, 4) is 11.5 Å². The molecular formula is C25H29ClN2O3S. The number of carbonyl (C=O) groups is 1. The number of aliphatic imine (C=N–C) groups is 1. The average Bonchev–Trinajstić information content (AvgIpc) is 3.02. The minimum Gasteiger partial charge on any atom is -0.493 e. The fraction of sp³-hybridized carbons (Fsp3) is 0.360. The van der Waals surface area contributed by atoms with E-state index in [1.807, 2.05) is 71.0 Å². The van der Waals surface area contributed by atoms with Crippen LogP contribution in [0.25, 0.3) is 6.08 Å². The molecule has 1 aliphatic rings. The Balaban J connectivity index is 1.87. The van der Waals surface area contributed by atoms with Gasteiger partial charge in [-0.05, 0) is 75.7 Å². The first-order valence-corrected chi connectivity index (χ1v) is 11.8. The maximum absolute atomic E-state index is 13.0. The van der Waals surface area contributed by atoms with Crippen LogP contribution in [0.2, 0.25) is 5.02 Å². The summed E-state index contributed by atoms with van der Waals surface area (Å²) in [5.41, 5.74) is 3.00. The van der Waals surface area contributed by atoms with Crippen LogP contribution in [0, 0.1) is 6.92 Å². The Morgan fingerprint density at radius 1 is 1.16 bits per heavy atom. The zero-order chi connectivity index (χ0) is 23.4. The molecule has 1 aliphatic heterocycles. The molecule has 1 saturated heterocycles. The van der Waals surface area contributed by atoms with Gasteiger partial charge in [-0.2, -0.15) is 0 Å². The predicted molar refractivity (Wildman–Crippen MR) is 134 cm³/mol. The molecule has 32 heavy (non-hydrogen) atoms. The van der Waals surface area contributed by atoms with Crippen molar-refractivity contribution in [1.82, 2.24) is 4.90 Å². The molecule has 1 fully saturated rings. The van der Waals surface area contributed by atoms with E-state index in [1.54, 1.807) is 18.1 Å². The smallest absolute Gasteiger partial charge is 0.266 e. The lowest BCUT2D eigenvalue weighted by Gasteiger charge is -2.20. The monoisotopic (exact) mass is 472 g/mol. The summed E-state index contributed by atoms with van der Waals surface area (Å²) in [6, 6.07) is 11.9. The van der Waals surface area contributed by atoms with Crippen LogP contribution in [0.15, 0.2) is 46.3 Å². The highest BCUT2D eigenvalue weighted by molar-refractivity contribution is 8.18. The van der Waals surface area contributed by atoms with Crippen molar-refractivity contribution in [3.63, 3.8) is 0 Å². The van der Waals surface area contributed by atoms with Crippen molar-refractivity contribution in [2.24, 2.45) is 4.99 Å². The average molecular weight is 473 g/mol. The SMILES string of the molecule is COc1cc(/C=C2/SC(=NC(C)C)N(C(C)C)C2=O)cc(Cl)c1OCc1ccc(C)cc1. The third-order valence-electron chi connectivity index (χ3n) is 4.78. The van der Waals surface area contributed by atoms with E-state index < -0.39 is 0 Å². The van der Waals surface area contributed by atoms with Crippen LogP contribution in [0.5, 0.6) is 11.5 Å². The fourth-order valence-corrected chi connectivity index (χ4v) is 4.71. The lowest BCUT2D eigenvalue weighted by molar-refractivity contribution is -0.123. The van der Waals surface area contributed by atoms with Crippen LogP contribution >= 0.6 is 23.4 Å². The standard InChI is InChI=1S/C25H29ClN2O3S/c1-15(2)27-25-28(16(3)4)24(29)22(32-25)13-19-11-20(26)23(21(12-19)30-6)31-14-18-9-7-17(5)8-10-18/h7-13,15-16H,14H2,1-6H3/b22-13+,27-25?. The molecule has 0 radical (unpaired) electrons. The number of hydrogen-bond acceptors (Lipinski definition) is 5. The van der Waals surface area contributed by atoms with Crippen molar-refractivity contribution < 1.29 is 14.3 Å². The van der Waals surface area contributed by atoms with Gasteiger partial charge in [0.2, 0.25) is 0 Å². The van der Waals surface area contributed by atoms with Gasteiger partial charge in [-0.25, -0.2) is 0 Å². The summed E-state index contributed by atoms with van der Waals surface area (Å²) >= 11 is 7.93. The number of carbonyl (C=O) groups excluding carboxylic acids is 1. The maximum Gasteiger partial charge on any atom is 0.266 e. The van der Waals surface area contributed by atoms with E-state index >= 15 is 0 Å². The van der Waals surface area contributed by atoms with E-state index in [1.165, 1.54) is 17.3 Å². The third kappa shape index (κ3) is 5.67. The zero-order valence-corrected chi connectivity index (χ0v) is 20.9. The number of thioether (sulfide) groups is 1. The Kier molecular flexibility index (Phi) is 7.91. The predicted octanol–water partition coefficient (Wildman–Crippen LogP) is 6.33. The first kappa shape index (κ1) is 24.2. The van der Waals surface area contributed by atoms with Gasteiger partial charge in [0.1, 0.15) is 6.61 Å². The lowest BCUT2D eigenvalue weighted by Crippen LogP contribution is -2.35. The molecule has 1 amide bonds. The number of nitrogens with zero attached hydrogens (tertiary/aromatic N) is 2. The number of hydrogen-bond donors (Lipinski definition) is 0. The molecule has 2 aromatic rings. The number of halogens is 1. The van der Waals surface area contributed by atoms with Crippen LogP contribution in [-0.4, -0.2) is 35.2 Å². The number of ether oxygens (including phenoxy) is 2. The zero-order valence-electron chi connectivity index (χ0n) is 19.3. The molecule has 0 unspecified atom stereocenters. The largest absolute Gasteiger partial charge is 0.493 e. The van der Waals surface area contributed by atoms with E-state index in [0.29, 0.717) is 28.0 Å². The summed E-state index contributed by atoms with van der Waals surface area (Å²) in [7, 11) is 1.57. The Morgan fingerprint density at radius 2 is 1.84 bits per heavy atom. The molecule has 0 N–H and O–H groups in total. The van der Waals surface area contributed by atoms with Gasteiger partial charge in [0.05, 0.1) is 17.0 Å². The van der Waals surface area contributed by atoms with Gasteiger partial charge in [-0.3, -0.25) is 14.7 Å². The molecule has 0 saturated carbocycles. The summed E-state index contributed by atoms with van der Waals surface area (Å²) in [4.78, 5) is 20.0. The van der Waals surface area contributed by atoms with Crippen molar-refractivity contribution in [1.29, 1.82) is 0 Å². The normalized spacial score (nSPS) is 16.7. The summed E-state index contributed by atoms with van der Waals surface area (Å²) in [5.74, 6) is 0.941. The van der Waals surface area contributed by atoms with Crippen LogP contribution in [0.3, 0.4) is 0 Å². The van der Waals surface area contributed by atoms with Gasteiger partial charge < -0.3 is 9.47 Å². The molecule has 0 atom stereocenters. The second-order valence-corrected chi connectivity index (χ2v) is 9.61. The highest BCUT2D eigenvalue weighted by atomic mass is 35.5.